The summed E-state index contributed by atoms with van der Waals surface area (Å²) in [5.74, 6) is 0.800. The lowest BCUT2D eigenvalue weighted by Gasteiger charge is -2.13. The molecule has 0 N–H and O–H groups in total. The molecule has 0 saturated heterocycles. The van der Waals surface area contributed by atoms with Crippen LogP contribution in [-0.4, -0.2) is 5.78 Å². The molecule has 0 aliphatic carbocycles. The van der Waals surface area contributed by atoms with Gasteiger partial charge in [-0.3, -0.25) is 4.79 Å². The van der Waals surface area contributed by atoms with Crippen LogP contribution < -0.4 is 4.74 Å². The fourth-order valence-electron chi connectivity index (χ4n) is 2.12. The van der Waals surface area contributed by atoms with Gasteiger partial charge in [-0.05, 0) is 25.0 Å². The number of ether oxygens (including phenoxy) is 1. The Hall–Kier alpha value is -2.35. The van der Waals surface area contributed by atoms with Crippen LogP contribution in [0.2, 0.25) is 0 Å². The zero-order valence-electron chi connectivity index (χ0n) is 11.6. The van der Waals surface area contributed by atoms with Gasteiger partial charge in [0.2, 0.25) is 0 Å². The van der Waals surface area contributed by atoms with Crippen LogP contribution in [0.25, 0.3) is 0 Å². The Kier molecular flexibility index (Phi) is 4.72. The average molecular weight is 266 g/mol. The van der Waals surface area contributed by atoms with Gasteiger partial charge < -0.3 is 4.74 Å². The molecule has 0 saturated carbocycles. The maximum atomic E-state index is 11.7. The fraction of sp³-hybridized carbons (Fsp3) is 0.167. The summed E-state index contributed by atoms with van der Waals surface area (Å²) < 4.78 is 5.87. The average Bonchev–Trinajstić information content (AvgIpc) is 2.47. The Bertz CT molecular complexity index is 600. The lowest BCUT2D eigenvalue weighted by atomic mass is 10.0. The van der Waals surface area contributed by atoms with Gasteiger partial charge in [0.25, 0.3) is 0 Å². The van der Waals surface area contributed by atoms with Crippen molar-refractivity contribution in [3.05, 3.63) is 77.9 Å². The van der Waals surface area contributed by atoms with E-state index in [1.54, 1.807) is 13.0 Å². The largest absolute Gasteiger partial charge is 0.489 e. The molecule has 2 aromatic carbocycles. The van der Waals surface area contributed by atoms with Crippen molar-refractivity contribution >= 4 is 5.78 Å². The molecular weight excluding hydrogens is 248 g/mol. The molecule has 2 heteroatoms. The molecule has 0 aromatic heterocycles. The Labute approximate surface area is 119 Å². The molecule has 0 amide bonds. The topological polar surface area (TPSA) is 26.3 Å². The smallest absolute Gasteiger partial charge is 0.160 e. The molecule has 20 heavy (non-hydrogen) atoms. The second-order valence-corrected chi connectivity index (χ2v) is 4.61. The fourth-order valence-corrected chi connectivity index (χ4v) is 2.12. The van der Waals surface area contributed by atoms with E-state index < -0.39 is 0 Å². The number of hydrogen-bond acceptors (Lipinski definition) is 2. The Balaban J connectivity index is 2.24. The van der Waals surface area contributed by atoms with Crippen LogP contribution in [-0.2, 0) is 13.0 Å². The van der Waals surface area contributed by atoms with Crippen molar-refractivity contribution in [2.75, 3.05) is 0 Å². The van der Waals surface area contributed by atoms with Crippen molar-refractivity contribution in [3.8, 4) is 5.75 Å². The van der Waals surface area contributed by atoms with Crippen molar-refractivity contribution in [1.82, 2.24) is 0 Å². The lowest BCUT2D eigenvalue weighted by Crippen LogP contribution is -2.04. The number of Topliss-reactive ketones (excluding diaryl/α,β-unsaturated/α-hetero) is 1. The molecule has 0 radical (unpaired) electrons. The predicted molar refractivity (Wildman–Crippen MR) is 81.1 cm³/mol. The molecule has 0 heterocycles. The van der Waals surface area contributed by atoms with Crippen molar-refractivity contribution < 1.29 is 9.53 Å². The third kappa shape index (κ3) is 3.35. The van der Waals surface area contributed by atoms with Crippen LogP contribution >= 0.6 is 0 Å². The predicted octanol–water partition coefficient (Wildman–Crippen LogP) is 4.20. The highest BCUT2D eigenvalue weighted by atomic mass is 16.5. The van der Waals surface area contributed by atoms with Crippen molar-refractivity contribution in [3.63, 3.8) is 0 Å². The van der Waals surface area contributed by atoms with E-state index in [-0.39, 0.29) is 5.78 Å². The van der Waals surface area contributed by atoms with Gasteiger partial charge in [-0.15, -0.1) is 6.58 Å². The minimum absolute atomic E-state index is 0.0482. The number of rotatable bonds is 6. The van der Waals surface area contributed by atoms with Crippen LogP contribution in [0.1, 0.15) is 28.4 Å². The molecule has 0 fully saturated rings. The van der Waals surface area contributed by atoms with Gasteiger partial charge in [-0.25, -0.2) is 0 Å². The van der Waals surface area contributed by atoms with E-state index in [1.165, 1.54) is 0 Å². The minimum Gasteiger partial charge on any atom is -0.489 e. The zero-order chi connectivity index (χ0) is 14.4. The molecule has 2 aromatic rings. The van der Waals surface area contributed by atoms with E-state index in [2.05, 4.69) is 6.58 Å². The first-order valence-corrected chi connectivity index (χ1v) is 6.63. The number of hydrogen-bond donors (Lipinski definition) is 0. The number of benzene rings is 2. The molecular formula is C18H18O2. The molecule has 0 unspecified atom stereocenters. The van der Waals surface area contributed by atoms with E-state index in [4.69, 9.17) is 4.74 Å². The SMILES string of the molecule is C=CCc1c(OCc2ccccc2)cccc1C(C)=O. The summed E-state index contributed by atoms with van der Waals surface area (Å²) in [4.78, 5) is 11.7. The van der Waals surface area contributed by atoms with Crippen LogP contribution in [0.15, 0.2) is 61.2 Å². The quantitative estimate of drug-likeness (QED) is 0.578. The normalized spacial score (nSPS) is 10.1. The summed E-state index contributed by atoms with van der Waals surface area (Å²) in [6, 6.07) is 15.5. The highest BCUT2D eigenvalue weighted by Crippen LogP contribution is 2.25. The third-order valence-electron chi connectivity index (χ3n) is 3.10. The summed E-state index contributed by atoms with van der Waals surface area (Å²) in [5, 5.41) is 0. The molecule has 0 aliphatic heterocycles. The molecule has 0 atom stereocenters. The van der Waals surface area contributed by atoms with Crippen molar-refractivity contribution in [2.24, 2.45) is 0 Å². The maximum Gasteiger partial charge on any atom is 0.160 e. The van der Waals surface area contributed by atoms with Crippen molar-refractivity contribution in [2.45, 2.75) is 20.0 Å². The summed E-state index contributed by atoms with van der Waals surface area (Å²) in [6.45, 7) is 5.81. The molecule has 2 nitrogen and oxygen atoms in total. The van der Waals surface area contributed by atoms with E-state index in [1.807, 2.05) is 48.5 Å². The van der Waals surface area contributed by atoms with Crippen LogP contribution in [0.4, 0.5) is 0 Å². The first kappa shape index (κ1) is 14.1. The van der Waals surface area contributed by atoms with Gasteiger partial charge in [0.05, 0.1) is 0 Å². The number of carbonyl (C=O) groups excluding carboxylic acids is 1. The van der Waals surface area contributed by atoms with E-state index in [9.17, 15) is 4.79 Å². The molecule has 2 rings (SSSR count). The van der Waals surface area contributed by atoms with E-state index in [0.29, 0.717) is 18.6 Å². The van der Waals surface area contributed by atoms with Gasteiger partial charge in [0, 0.05) is 11.1 Å². The Morgan fingerprint density at radius 3 is 2.55 bits per heavy atom. The van der Waals surface area contributed by atoms with Crippen molar-refractivity contribution in [1.29, 1.82) is 0 Å². The minimum atomic E-state index is 0.0482. The lowest BCUT2D eigenvalue weighted by molar-refractivity contribution is 0.101. The second kappa shape index (κ2) is 6.71. The van der Waals surface area contributed by atoms with E-state index in [0.717, 1.165) is 16.9 Å². The Morgan fingerprint density at radius 2 is 1.90 bits per heavy atom. The summed E-state index contributed by atoms with van der Waals surface area (Å²) in [6.07, 6.45) is 2.41. The summed E-state index contributed by atoms with van der Waals surface area (Å²) in [7, 11) is 0. The monoisotopic (exact) mass is 266 g/mol. The van der Waals surface area contributed by atoms with Gasteiger partial charge in [0.1, 0.15) is 12.4 Å². The number of carbonyl (C=O) groups is 1. The highest BCUT2D eigenvalue weighted by Gasteiger charge is 2.11. The molecule has 0 bridgehead atoms. The van der Waals surface area contributed by atoms with Crippen LogP contribution in [0.5, 0.6) is 5.75 Å². The number of ketones is 1. The molecule has 0 spiro atoms. The molecule has 0 aliphatic rings. The van der Waals surface area contributed by atoms with Gasteiger partial charge >= 0.3 is 0 Å². The number of allylic oxidation sites excluding steroid dienone is 1. The van der Waals surface area contributed by atoms with E-state index >= 15 is 0 Å². The highest BCUT2D eigenvalue weighted by molar-refractivity contribution is 5.96. The first-order chi connectivity index (χ1) is 9.72. The standard InChI is InChI=1S/C18H18O2/c1-3-8-17-16(14(2)19)11-7-12-18(17)20-13-15-9-5-4-6-10-15/h3-7,9-12H,1,8,13H2,2H3. The van der Waals surface area contributed by atoms with Gasteiger partial charge in [-0.2, -0.15) is 0 Å². The third-order valence-corrected chi connectivity index (χ3v) is 3.10. The van der Waals surface area contributed by atoms with Gasteiger partial charge in [-0.1, -0.05) is 48.5 Å². The Morgan fingerprint density at radius 1 is 1.15 bits per heavy atom. The molecule has 102 valence electrons. The second-order valence-electron chi connectivity index (χ2n) is 4.61. The summed E-state index contributed by atoms with van der Waals surface area (Å²) >= 11 is 0. The van der Waals surface area contributed by atoms with Crippen LogP contribution in [0, 0.1) is 0 Å². The van der Waals surface area contributed by atoms with Crippen LogP contribution in [0.3, 0.4) is 0 Å². The summed E-state index contributed by atoms with van der Waals surface area (Å²) in [5.41, 5.74) is 2.71. The first-order valence-electron chi connectivity index (χ1n) is 6.63. The zero-order valence-corrected chi connectivity index (χ0v) is 11.6. The maximum absolute atomic E-state index is 11.7. The van der Waals surface area contributed by atoms with Gasteiger partial charge in [0.15, 0.2) is 5.78 Å².